The Kier molecular flexibility index (Phi) is 3.81. The van der Waals surface area contributed by atoms with E-state index in [-0.39, 0.29) is 12.1 Å². The minimum atomic E-state index is -0.731. The van der Waals surface area contributed by atoms with Crippen LogP contribution in [0.5, 0.6) is 0 Å². The Bertz CT molecular complexity index is 750. The van der Waals surface area contributed by atoms with Gasteiger partial charge in [0.2, 0.25) is 5.91 Å². The van der Waals surface area contributed by atoms with Gasteiger partial charge in [0.1, 0.15) is 11.9 Å². The molecule has 0 aromatic heterocycles. The van der Waals surface area contributed by atoms with Gasteiger partial charge in [-0.25, -0.2) is 9.29 Å². The Balaban J connectivity index is 1.84. The Hall–Kier alpha value is -2.40. The first-order valence-electron chi connectivity index (χ1n) is 6.69. The highest BCUT2D eigenvalue weighted by Gasteiger charge is 2.40. The number of halogens is 2. The predicted octanol–water partition coefficient (Wildman–Crippen LogP) is 3.22. The van der Waals surface area contributed by atoms with Crippen molar-refractivity contribution in [3.63, 3.8) is 0 Å². The zero-order valence-electron chi connectivity index (χ0n) is 11.4. The van der Waals surface area contributed by atoms with Gasteiger partial charge in [-0.15, -0.1) is 0 Å². The van der Waals surface area contributed by atoms with Crippen LogP contribution >= 0.6 is 11.6 Å². The first-order chi connectivity index (χ1) is 10.6. The molecule has 0 bridgehead atoms. The smallest absolute Gasteiger partial charge is 0.256 e. The Labute approximate surface area is 131 Å². The third kappa shape index (κ3) is 2.67. The maximum atomic E-state index is 13.8. The fourth-order valence-electron chi connectivity index (χ4n) is 2.41. The number of para-hydroxylation sites is 1. The Morgan fingerprint density at radius 1 is 1.14 bits per heavy atom. The van der Waals surface area contributed by atoms with Gasteiger partial charge in [0.05, 0.1) is 12.1 Å². The molecule has 1 heterocycles. The van der Waals surface area contributed by atoms with Crippen molar-refractivity contribution in [1.82, 2.24) is 0 Å². The zero-order chi connectivity index (χ0) is 15.7. The first kappa shape index (κ1) is 14.5. The number of hydrogen-bond acceptors (Lipinski definition) is 3. The average Bonchev–Trinajstić information content (AvgIpc) is 2.74. The summed E-state index contributed by atoms with van der Waals surface area (Å²) >= 11 is 5.89. The molecule has 0 spiro atoms. The molecule has 3 rings (SSSR count). The van der Waals surface area contributed by atoms with Crippen molar-refractivity contribution in [3.8, 4) is 0 Å². The molecule has 2 amide bonds. The fourth-order valence-corrected chi connectivity index (χ4v) is 2.60. The lowest BCUT2D eigenvalue weighted by Gasteiger charge is -2.16. The normalized spacial score (nSPS) is 17.9. The Morgan fingerprint density at radius 3 is 2.64 bits per heavy atom. The molecule has 0 radical (unpaired) electrons. The third-order valence-electron chi connectivity index (χ3n) is 3.41. The van der Waals surface area contributed by atoms with Crippen molar-refractivity contribution >= 4 is 34.8 Å². The topological polar surface area (TPSA) is 49.4 Å². The molecule has 1 aliphatic heterocycles. The summed E-state index contributed by atoms with van der Waals surface area (Å²) in [4.78, 5) is 25.4. The lowest BCUT2D eigenvalue weighted by molar-refractivity contribution is -0.121. The van der Waals surface area contributed by atoms with Crippen molar-refractivity contribution < 1.29 is 14.0 Å². The molecule has 4 nitrogen and oxygen atoms in total. The van der Waals surface area contributed by atoms with Gasteiger partial charge in [0, 0.05) is 10.7 Å². The van der Waals surface area contributed by atoms with E-state index in [0.717, 1.165) is 4.90 Å². The van der Waals surface area contributed by atoms with Gasteiger partial charge in [-0.05, 0) is 30.3 Å². The van der Waals surface area contributed by atoms with E-state index >= 15 is 0 Å². The number of hydrogen-bond donors (Lipinski definition) is 1. The van der Waals surface area contributed by atoms with E-state index in [1.807, 2.05) is 0 Å². The summed E-state index contributed by atoms with van der Waals surface area (Å²) < 4.78 is 13.8. The summed E-state index contributed by atoms with van der Waals surface area (Å²) in [6.07, 6.45) is -0.0281. The summed E-state index contributed by atoms with van der Waals surface area (Å²) in [7, 11) is 0. The molecule has 22 heavy (non-hydrogen) atoms. The molecule has 1 atom stereocenters. The van der Waals surface area contributed by atoms with E-state index in [4.69, 9.17) is 11.6 Å². The van der Waals surface area contributed by atoms with Gasteiger partial charge < -0.3 is 5.32 Å². The van der Waals surface area contributed by atoms with E-state index < -0.39 is 23.7 Å². The van der Waals surface area contributed by atoms with Crippen LogP contribution in [0.2, 0.25) is 5.02 Å². The van der Waals surface area contributed by atoms with Crippen molar-refractivity contribution in [2.45, 2.75) is 12.5 Å². The molecular formula is C16H12ClFN2O2. The van der Waals surface area contributed by atoms with Crippen LogP contribution in [-0.2, 0) is 9.59 Å². The van der Waals surface area contributed by atoms with Crippen LogP contribution in [0.1, 0.15) is 6.42 Å². The number of carbonyl (C=O) groups excluding carboxylic acids is 2. The second-order valence-corrected chi connectivity index (χ2v) is 5.37. The lowest BCUT2D eigenvalue weighted by atomic mass is 10.2. The lowest BCUT2D eigenvalue weighted by Crippen LogP contribution is -2.35. The van der Waals surface area contributed by atoms with Crippen molar-refractivity contribution in [3.05, 3.63) is 59.4 Å². The number of benzene rings is 2. The van der Waals surface area contributed by atoms with Crippen LogP contribution in [0.4, 0.5) is 15.8 Å². The van der Waals surface area contributed by atoms with Crippen molar-refractivity contribution in [2.24, 2.45) is 0 Å². The largest absolute Gasteiger partial charge is 0.373 e. The van der Waals surface area contributed by atoms with Crippen LogP contribution in [-0.4, -0.2) is 17.9 Å². The molecule has 112 valence electrons. The molecule has 1 saturated heterocycles. The number of carbonyl (C=O) groups is 2. The molecule has 0 aliphatic carbocycles. The highest BCUT2D eigenvalue weighted by atomic mass is 35.5. The Morgan fingerprint density at radius 2 is 1.91 bits per heavy atom. The number of nitrogens with zero attached hydrogens (tertiary/aromatic N) is 1. The molecule has 2 aromatic rings. The number of anilines is 2. The minimum Gasteiger partial charge on any atom is -0.373 e. The van der Waals surface area contributed by atoms with Crippen LogP contribution < -0.4 is 10.2 Å². The van der Waals surface area contributed by atoms with Crippen LogP contribution in [0, 0.1) is 5.82 Å². The molecule has 1 aliphatic rings. The number of rotatable bonds is 3. The maximum Gasteiger partial charge on any atom is 0.256 e. The number of imide groups is 1. The summed E-state index contributed by atoms with van der Waals surface area (Å²) in [5, 5.41) is 3.48. The van der Waals surface area contributed by atoms with E-state index in [1.54, 1.807) is 30.3 Å². The quantitative estimate of drug-likeness (QED) is 0.884. The van der Waals surface area contributed by atoms with Gasteiger partial charge in [-0.1, -0.05) is 29.8 Å². The van der Waals surface area contributed by atoms with Gasteiger partial charge >= 0.3 is 0 Å². The van der Waals surface area contributed by atoms with E-state index in [2.05, 4.69) is 5.32 Å². The van der Waals surface area contributed by atoms with E-state index in [1.165, 1.54) is 18.2 Å². The van der Waals surface area contributed by atoms with Crippen molar-refractivity contribution in [1.29, 1.82) is 0 Å². The van der Waals surface area contributed by atoms with Crippen molar-refractivity contribution in [2.75, 3.05) is 10.2 Å². The summed E-state index contributed by atoms with van der Waals surface area (Å²) in [6, 6.07) is 11.8. The zero-order valence-corrected chi connectivity index (χ0v) is 12.2. The minimum absolute atomic E-state index is 0.0205. The maximum absolute atomic E-state index is 13.8. The fraction of sp³-hybridized carbons (Fsp3) is 0.125. The van der Waals surface area contributed by atoms with Gasteiger partial charge in [0.15, 0.2) is 0 Å². The second-order valence-electron chi connectivity index (χ2n) is 4.93. The monoisotopic (exact) mass is 318 g/mol. The van der Waals surface area contributed by atoms with E-state index in [0.29, 0.717) is 10.7 Å². The summed E-state index contributed by atoms with van der Waals surface area (Å²) in [5.74, 6) is -1.52. The van der Waals surface area contributed by atoms with Gasteiger partial charge in [-0.3, -0.25) is 9.59 Å². The first-order valence-corrected chi connectivity index (χ1v) is 7.07. The average molecular weight is 319 g/mol. The predicted molar refractivity (Wildman–Crippen MR) is 82.4 cm³/mol. The van der Waals surface area contributed by atoms with Crippen LogP contribution in [0.15, 0.2) is 48.5 Å². The van der Waals surface area contributed by atoms with Crippen LogP contribution in [0.3, 0.4) is 0 Å². The van der Waals surface area contributed by atoms with E-state index in [9.17, 15) is 14.0 Å². The second kappa shape index (κ2) is 5.77. The molecule has 1 fully saturated rings. The standard InChI is InChI=1S/C16H12ClFN2O2/c17-10-4-3-5-11(8-10)19-13-9-15(21)20(16(13)22)14-7-2-1-6-12(14)18/h1-8,13,19H,9H2/t13-/m1/s1. The molecule has 0 saturated carbocycles. The SMILES string of the molecule is O=C1C[C@@H](Nc2cccc(Cl)c2)C(=O)N1c1ccccc1F. The molecule has 1 N–H and O–H groups in total. The van der Waals surface area contributed by atoms with Crippen LogP contribution in [0.25, 0.3) is 0 Å². The van der Waals surface area contributed by atoms with Gasteiger partial charge in [0.25, 0.3) is 5.91 Å². The molecule has 2 aromatic carbocycles. The molecular weight excluding hydrogens is 307 g/mol. The van der Waals surface area contributed by atoms with Gasteiger partial charge in [-0.2, -0.15) is 0 Å². The summed E-state index contributed by atoms with van der Waals surface area (Å²) in [6.45, 7) is 0. The molecule has 6 heteroatoms. The highest BCUT2D eigenvalue weighted by Crippen LogP contribution is 2.27. The highest BCUT2D eigenvalue weighted by molar-refractivity contribution is 6.30. The number of nitrogens with one attached hydrogen (secondary N) is 1. The summed E-state index contributed by atoms with van der Waals surface area (Å²) in [5.41, 5.74) is 0.613. The molecule has 0 unspecified atom stereocenters. The third-order valence-corrected chi connectivity index (χ3v) is 3.64. The number of amides is 2.